The zero-order valence-electron chi connectivity index (χ0n) is 16.1. The predicted octanol–water partition coefficient (Wildman–Crippen LogP) is 7.42. The second kappa shape index (κ2) is 8.01. The average molecular weight is 338 g/mol. The molecule has 0 unspecified atom stereocenters. The van der Waals surface area contributed by atoms with Gasteiger partial charge in [0.05, 0.1) is 0 Å². The third-order valence-electron chi connectivity index (χ3n) is 4.72. The SMILES string of the molecule is C/C(=C\c1ccc(/C=C(\C)c2ccc(C)cc2)cc1)c1ccc(C)cc1. The van der Waals surface area contributed by atoms with Gasteiger partial charge in [0.2, 0.25) is 0 Å². The van der Waals surface area contributed by atoms with Gasteiger partial charge in [-0.2, -0.15) is 0 Å². The summed E-state index contributed by atoms with van der Waals surface area (Å²) < 4.78 is 0. The van der Waals surface area contributed by atoms with Gasteiger partial charge in [0.1, 0.15) is 0 Å². The molecular formula is C26H26. The highest BCUT2D eigenvalue weighted by Crippen LogP contribution is 2.21. The maximum absolute atomic E-state index is 2.24. The molecule has 0 saturated heterocycles. The molecule has 0 N–H and O–H groups in total. The predicted molar refractivity (Wildman–Crippen MR) is 116 cm³/mol. The molecule has 0 aliphatic rings. The second-order valence-electron chi connectivity index (χ2n) is 7.05. The van der Waals surface area contributed by atoms with E-state index in [-0.39, 0.29) is 0 Å². The number of aryl methyl sites for hydroxylation is 2. The number of allylic oxidation sites excluding steroid dienone is 2. The first-order valence-electron chi connectivity index (χ1n) is 9.12. The van der Waals surface area contributed by atoms with Crippen LogP contribution in [0.25, 0.3) is 23.3 Å². The van der Waals surface area contributed by atoms with E-state index in [0.717, 1.165) is 0 Å². The van der Waals surface area contributed by atoms with Gasteiger partial charge >= 0.3 is 0 Å². The van der Waals surface area contributed by atoms with Crippen LogP contribution in [0.4, 0.5) is 0 Å². The topological polar surface area (TPSA) is 0 Å². The summed E-state index contributed by atoms with van der Waals surface area (Å²) in [6, 6.07) is 26.1. The van der Waals surface area contributed by atoms with E-state index in [0.29, 0.717) is 0 Å². The van der Waals surface area contributed by atoms with E-state index in [9.17, 15) is 0 Å². The fourth-order valence-electron chi connectivity index (χ4n) is 2.99. The molecule has 0 atom stereocenters. The highest BCUT2D eigenvalue weighted by molar-refractivity contribution is 5.82. The third-order valence-corrected chi connectivity index (χ3v) is 4.72. The summed E-state index contributed by atoms with van der Waals surface area (Å²) in [6.07, 6.45) is 4.48. The van der Waals surface area contributed by atoms with E-state index < -0.39 is 0 Å². The van der Waals surface area contributed by atoms with Crippen molar-refractivity contribution in [1.82, 2.24) is 0 Å². The van der Waals surface area contributed by atoms with Gasteiger partial charge in [-0.25, -0.2) is 0 Å². The van der Waals surface area contributed by atoms with E-state index in [2.05, 4.69) is 113 Å². The number of hydrogen-bond donors (Lipinski definition) is 0. The molecule has 0 spiro atoms. The van der Waals surface area contributed by atoms with E-state index in [1.54, 1.807) is 0 Å². The lowest BCUT2D eigenvalue weighted by atomic mass is 10.0. The highest BCUT2D eigenvalue weighted by Gasteiger charge is 1.98. The van der Waals surface area contributed by atoms with Gasteiger partial charge in [0.25, 0.3) is 0 Å². The third kappa shape index (κ3) is 4.61. The Bertz CT molecular complexity index is 838. The van der Waals surface area contributed by atoms with Crippen LogP contribution in [0.3, 0.4) is 0 Å². The van der Waals surface area contributed by atoms with Crippen molar-refractivity contribution < 1.29 is 0 Å². The molecule has 0 aromatic heterocycles. The zero-order chi connectivity index (χ0) is 18.5. The first kappa shape index (κ1) is 17.9. The van der Waals surface area contributed by atoms with Crippen molar-refractivity contribution in [3.63, 3.8) is 0 Å². The van der Waals surface area contributed by atoms with Crippen molar-refractivity contribution >= 4 is 23.3 Å². The van der Waals surface area contributed by atoms with Crippen LogP contribution in [0.5, 0.6) is 0 Å². The van der Waals surface area contributed by atoms with Gasteiger partial charge in [-0.05, 0) is 61.1 Å². The molecule has 130 valence electrons. The molecule has 0 heteroatoms. The lowest BCUT2D eigenvalue weighted by molar-refractivity contribution is 1.44. The van der Waals surface area contributed by atoms with Gasteiger partial charge < -0.3 is 0 Å². The minimum atomic E-state index is 1.23. The Hall–Kier alpha value is -2.86. The monoisotopic (exact) mass is 338 g/mol. The van der Waals surface area contributed by atoms with Gasteiger partial charge in [0, 0.05) is 0 Å². The summed E-state index contributed by atoms with van der Waals surface area (Å²) in [4.78, 5) is 0. The maximum Gasteiger partial charge on any atom is -0.0227 e. The molecule has 0 fully saturated rings. The summed E-state index contributed by atoms with van der Waals surface area (Å²) in [6.45, 7) is 8.57. The Balaban J connectivity index is 1.77. The van der Waals surface area contributed by atoms with Crippen LogP contribution in [-0.4, -0.2) is 0 Å². The molecule has 3 aromatic carbocycles. The summed E-state index contributed by atoms with van der Waals surface area (Å²) in [7, 11) is 0. The Morgan fingerprint density at radius 2 is 0.808 bits per heavy atom. The molecule has 26 heavy (non-hydrogen) atoms. The molecule has 0 radical (unpaired) electrons. The van der Waals surface area contributed by atoms with E-state index in [4.69, 9.17) is 0 Å². The number of rotatable bonds is 4. The normalized spacial score (nSPS) is 12.3. The molecule has 0 nitrogen and oxygen atoms in total. The van der Waals surface area contributed by atoms with Gasteiger partial charge in [0.15, 0.2) is 0 Å². The number of hydrogen-bond acceptors (Lipinski definition) is 0. The highest BCUT2D eigenvalue weighted by atomic mass is 14.0. The second-order valence-corrected chi connectivity index (χ2v) is 7.05. The molecule has 3 aromatic rings. The van der Waals surface area contributed by atoms with Crippen LogP contribution in [0.2, 0.25) is 0 Å². The van der Waals surface area contributed by atoms with Gasteiger partial charge in [-0.15, -0.1) is 0 Å². The van der Waals surface area contributed by atoms with E-state index in [1.165, 1.54) is 44.5 Å². The Kier molecular flexibility index (Phi) is 5.53. The standard InChI is InChI=1S/C26H26/c1-19-5-13-25(14-6-19)21(3)17-23-9-11-24(12-10-23)18-22(4)26-15-7-20(2)8-16-26/h5-18H,1-4H3/b21-17+,22-18+. The Morgan fingerprint density at radius 1 is 0.500 bits per heavy atom. The Labute approximate surface area is 157 Å². The fourth-order valence-corrected chi connectivity index (χ4v) is 2.99. The number of benzene rings is 3. The average Bonchev–Trinajstić information content (AvgIpc) is 2.64. The molecular weight excluding hydrogens is 312 g/mol. The first-order valence-corrected chi connectivity index (χ1v) is 9.12. The molecule has 0 amide bonds. The minimum Gasteiger partial charge on any atom is -0.0587 e. The summed E-state index contributed by atoms with van der Waals surface area (Å²) in [5.41, 5.74) is 10.2. The lowest BCUT2D eigenvalue weighted by Crippen LogP contribution is -1.83. The van der Waals surface area contributed by atoms with Gasteiger partial charge in [-0.1, -0.05) is 96.1 Å². The van der Waals surface area contributed by atoms with Crippen LogP contribution in [0.15, 0.2) is 72.8 Å². The fraction of sp³-hybridized carbons (Fsp3) is 0.154. The summed E-state index contributed by atoms with van der Waals surface area (Å²) in [5.74, 6) is 0. The van der Waals surface area contributed by atoms with E-state index >= 15 is 0 Å². The molecule has 0 aliphatic heterocycles. The lowest BCUT2D eigenvalue weighted by Gasteiger charge is -2.05. The summed E-state index contributed by atoms with van der Waals surface area (Å²) in [5, 5.41) is 0. The van der Waals surface area contributed by atoms with Crippen LogP contribution in [0.1, 0.15) is 47.2 Å². The Morgan fingerprint density at radius 3 is 1.12 bits per heavy atom. The largest absolute Gasteiger partial charge is 0.0587 e. The van der Waals surface area contributed by atoms with Crippen molar-refractivity contribution in [3.8, 4) is 0 Å². The van der Waals surface area contributed by atoms with Crippen LogP contribution in [0, 0.1) is 13.8 Å². The van der Waals surface area contributed by atoms with Crippen LogP contribution >= 0.6 is 0 Å². The van der Waals surface area contributed by atoms with Crippen LogP contribution < -0.4 is 0 Å². The maximum atomic E-state index is 2.24. The van der Waals surface area contributed by atoms with Gasteiger partial charge in [-0.3, -0.25) is 0 Å². The van der Waals surface area contributed by atoms with Crippen molar-refractivity contribution in [2.45, 2.75) is 27.7 Å². The molecule has 3 rings (SSSR count). The quantitative estimate of drug-likeness (QED) is 0.434. The first-order chi connectivity index (χ1) is 12.5. The van der Waals surface area contributed by atoms with E-state index in [1.807, 2.05) is 0 Å². The molecule has 0 saturated carbocycles. The van der Waals surface area contributed by atoms with Crippen molar-refractivity contribution in [3.05, 3.63) is 106 Å². The molecule has 0 bridgehead atoms. The molecule has 0 heterocycles. The van der Waals surface area contributed by atoms with Crippen LogP contribution in [-0.2, 0) is 0 Å². The summed E-state index contributed by atoms with van der Waals surface area (Å²) >= 11 is 0. The smallest absolute Gasteiger partial charge is 0.0227 e. The molecule has 0 aliphatic carbocycles. The van der Waals surface area contributed by atoms with Crippen molar-refractivity contribution in [2.75, 3.05) is 0 Å². The van der Waals surface area contributed by atoms with Crippen molar-refractivity contribution in [1.29, 1.82) is 0 Å². The van der Waals surface area contributed by atoms with Crippen molar-refractivity contribution in [2.24, 2.45) is 0 Å². The minimum absolute atomic E-state index is 1.23. The zero-order valence-corrected chi connectivity index (χ0v) is 16.1.